The molecule has 0 aliphatic carbocycles. The maximum absolute atomic E-state index is 13.3. The van der Waals surface area contributed by atoms with Crippen molar-refractivity contribution in [3.8, 4) is 0 Å². The van der Waals surface area contributed by atoms with E-state index >= 15 is 0 Å². The molecule has 0 saturated carbocycles. The maximum atomic E-state index is 13.3. The maximum Gasteiger partial charge on any atom is 0.492 e. The van der Waals surface area contributed by atoms with Gasteiger partial charge in [0, 0.05) is 11.2 Å². The Hall–Kier alpha value is -2.00. The summed E-state index contributed by atoms with van der Waals surface area (Å²) in [4.78, 5) is 12.0. The number of thioether (sulfide) groups is 1. The van der Waals surface area contributed by atoms with Gasteiger partial charge in [-0.2, -0.15) is 0 Å². The van der Waals surface area contributed by atoms with Crippen molar-refractivity contribution in [2.75, 3.05) is 11.2 Å². The Kier molecular flexibility index (Phi) is 5.24. The highest BCUT2D eigenvalue weighted by Gasteiger charge is 2.42. The number of nitrogens with zero attached hydrogens (tertiary/aromatic N) is 1. The number of anilines is 1. The first-order valence-electron chi connectivity index (χ1n) is 6.53. The van der Waals surface area contributed by atoms with E-state index in [4.69, 9.17) is 0 Å². The van der Waals surface area contributed by atoms with Crippen molar-refractivity contribution in [2.45, 2.75) is 16.1 Å². The molecule has 2 aromatic carbocycles. The van der Waals surface area contributed by atoms with Crippen LogP contribution in [0.4, 0.5) is 23.7 Å². The summed E-state index contributed by atoms with van der Waals surface area (Å²) in [5, 5.41) is -1.24. The molecular weight excluding hydrogens is 363 g/mol. The van der Waals surface area contributed by atoms with Crippen LogP contribution < -0.4 is 4.90 Å². The van der Waals surface area contributed by atoms with Crippen LogP contribution in [0.25, 0.3) is 0 Å². The molecule has 0 heterocycles. The SMILES string of the molecule is CS(=O)(=O)c1ccc(N(C(=O)Sc2ccccc2)C(F)(F)F)cc1. The van der Waals surface area contributed by atoms with Crippen LogP contribution in [0, 0.1) is 0 Å². The van der Waals surface area contributed by atoms with Gasteiger partial charge in [0.1, 0.15) is 0 Å². The predicted octanol–water partition coefficient (Wildman–Crippen LogP) is 4.33. The van der Waals surface area contributed by atoms with Crippen molar-refractivity contribution in [1.82, 2.24) is 0 Å². The van der Waals surface area contributed by atoms with Crippen LogP contribution in [0.2, 0.25) is 0 Å². The first-order chi connectivity index (χ1) is 11.1. The van der Waals surface area contributed by atoms with E-state index in [2.05, 4.69) is 0 Å². The molecule has 24 heavy (non-hydrogen) atoms. The van der Waals surface area contributed by atoms with Gasteiger partial charge in [-0.25, -0.2) is 13.3 Å². The molecule has 0 unspecified atom stereocenters. The second-order valence-electron chi connectivity index (χ2n) is 4.75. The predicted molar refractivity (Wildman–Crippen MR) is 85.8 cm³/mol. The number of sulfone groups is 1. The fraction of sp³-hybridized carbons (Fsp3) is 0.133. The summed E-state index contributed by atoms with van der Waals surface area (Å²) < 4.78 is 62.6. The van der Waals surface area contributed by atoms with Crippen molar-refractivity contribution >= 4 is 32.5 Å². The first kappa shape index (κ1) is 18.3. The third kappa shape index (κ3) is 4.51. The van der Waals surface area contributed by atoms with Crippen molar-refractivity contribution in [2.24, 2.45) is 0 Å². The molecule has 2 aromatic rings. The highest BCUT2D eigenvalue weighted by molar-refractivity contribution is 8.14. The monoisotopic (exact) mass is 375 g/mol. The van der Waals surface area contributed by atoms with E-state index < -0.39 is 27.1 Å². The molecule has 4 nitrogen and oxygen atoms in total. The average molecular weight is 375 g/mol. The molecule has 0 radical (unpaired) electrons. The lowest BCUT2D eigenvalue weighted by Gasteiger charge is -2.24. The van der Waals surface area contributed by atoms with E-state index in [1.54, 1.807) is 18.2 Å². The zero-order valence-corrected chi connectivity index (χ0v) is 14.0. The summed E-state index contributed by atoms with van der Waals surface area (Å²) in [5.74, 6) is 0. The quantitative estimate of drug-likeness (QED) is 0.592. The summed E-state index contributed by atoms with van der Waals surface area (Å²) in [7, 11) is -3.54. The van der Waals surface area contributed by atoms with Gasteiger partial charge in [0.05, 0.1) is 10.6 Å². The molecule has 1 amide bonds. The van der Waals surface area contributed by atoms with Gasteiger partial charge in [0.2, 0.25) is 0 Å². The third-order valence-corrected chi connectivity index (χ3v) is 4.90. The lowest BCUT2D eigenvalue weighted by atomic mass is 10.3. The number of benzene rings is 2. The Labute approximate surface area is 141 Å². The standard InChI is InChI=1S/C15H12F3NO3S2/c1-24(21,22)13-9-7-11(8-10-13)19(15(16,17)18)14(20)23-12-5-3-2-4-6-12/h2-10H,1H3. The van der Waals surface area contributed by atoms with E-state index in [9.17, 15) is 26.4 Å². The van der Waals surface area contributed by atoms with Gasteiger partial charge in [-0.05, 0) is 48.2 Å². The van der Waals surface area contributed by atoms with Crippen molar-refractivity contribution in [3.63, 3.8) is 0 Å². The molecule has 0 atom stereocenters. The number of carbonyl (C=O) groups is 1. The Morgan fingerprint density at radius 1 is 1.00 bits per heavy atom. The molecule has 0 aliphatic heterocycles. The van der Waals surface area contributed by atoms with Gasteiger partial charge in [-0.1, -0.05) is 18.2 Å². The van der Waals surface area contributed by atoms with Crippen LogP contribution in [0.1, 0.15) is 0 Å². The van der Waals surface area contributed by atoms with Crippen LogP contribution in [0.15, 0.2) is 64.4 Å². The topological polar surface area (TPSA) is 54.5 Å². The largest absolute Gasteiger partial charge is 0.492 e. The molecular formula is C15H12F3NO3S2. The van der Waals surface area contributed by atoms with Gasteiger partial charge in [-0.3, -0.25) is 4.79 Å². The fourth-order valence-corrected chi connectivity index (χ4v) is 3.26. The molecule has 0 spiro atoms. The number of rotatable bonds is 3. The Morgan fingerprint density at radius 2 is 1.54 bits per heavy atom. The summed E-state index contributed by atoms with van der Waals surface area (Å²) in [5.41, 5.74) is -0.455. The minimum absolute atomic E-state index is 0.128. The van der Waals surface area contributed by atoms with E-state index in [0.717, 1.165) is 30.5 Å². The average Bonchev–Trinajstić information content (AvgIpc) is 2.46. The first-order valence-corrected chi connectivity index (χ1v) is 9.24. The molecule has 0 N–H and O–H groups in total. The molecule has 128 valence electrons. The summed E-state index contributed by atoms with van der Waals surface area (Å²) >= 11 is 0.432. The van der Waals surface area contributed by atoms with Crippen LogP contribution in [-0.2, 0) is 9.84 Å². The zero-order chi connectivity index (χ0) is 18.0. The number of hydrogen-bond acceptors (Lipinski definition) is 4. The van der Waals surface area contributed by atoms with Gasteiger partial charge >= 0.3 is 6.30 Å². The molecule has 0 fully saturated rings. The van der Waals surface area contributed by atoms with Gasteiger partial charge in [0.25, 0.3) is 5.24 Å². The second-order valence-corrected chi connectivity index (χ2v) is 7.79. The number of carbonyl (C=O) groups excluding carboxylic acids is 1. The number of hydrogen-bond donors (Lipinski definition) is 0. The highest BCUT2D eigenvalue weighted by atomic mass is 32.2. The molecule has 0 aromatic heterocycles. The van der Waals surface area contributed by atoms with Crippen LogP contribution >= 0.6 is 11.8 Å². The van der Waals surface area contributed by atoms with E-state index in [0.29, 0.717) is 16.7 Å². The summed E-state index contributed by atoms with van der Waals surface area (Å²) in [6.45, 7) is 0. The zero-order valence-electron chi connectivity index (χ0n) is 12.3. The lowest BCUT2D eigenvalue weighted by Crippen LogP contribution is -2.40. The number of alkyl halides is 3. The van der Waals surface area contributed by atoms with E-state index in [1.807, 2.05) is 0 Å². The van der Waals surface area contributed by atoms with Crippen molar-refractivity contribution < 1.29 is 26.4 Å². The smallest absolute Gasteiger partial charge is 0.261 e. The summed E-state index contributed by atoms with van der Waals surface area (Å²) in [6, 6.07) is 11.9. The van der Waals surface area contributed by atoms with Crippen molar-refractivity contribution in [3.05, 3.63) is 54.6 Å². The van der Waals surface area contributed by atoms with Crippen molar-refractivity contribution in [1.29, 1.82) is 0 Å². The van der Waals surface area contributed by atoms with Crippen LogP contribution in [-0.4, -0.2) is 26.2 Å². The summed E-state index contributed by atoms with van der Waals surface area (Å²) in [6.07, 6.45) is -3.99. The molecule has 0 saturated heterocycles. The Morgan fingerprint density at radius 3 is 2.00 bits per heavy atom. The Balaban J connectivity index is 2.34. The van der Waals surface area contributed by atoms with Gasteiger partial charge in [-0.15, -0.1) is 13.2 Å². The fourth-order valence-electron chi connectivity index (χ4n) is 1.83. The van der Waals surface area contributed by atoms with E-state index in [-0.39, 0.29) is 9.80 Å². The third-order valence-electron chi connectivity index (χ3n) is 2.91. The lowest BCUT2D eigenvalue weighted by molar-refractivity contribution is -0.119. The molecule has 0 bridgehead atoms. The van der Waals surface area contributed by atoms with E-state index in [1.165, 1.54) is 12.1 Å². The minimum Gasteiger partial charge on any atom is -0.261 e. The van der Waals surface area contributed by atoms with Crippen LogP contribution in [0.5, 0.6) is 0 Å². The minimum atomic E-state index is -4.94. The van der Waals surface area contributed by atoms with Gasteiger partial charge in [0.15, 0.2) is 9.84 Å². The Bertz CT molecular complexity index is 819. The second kappa shape index (κ2) is 6.86. The normalized spacial score (nSPS) is 12.0. The number of amides is 1. The highest BCUT2D eigenvalue weighted by Crippen LogP contribution is 2.34. The molecule has 0 aliphatic rings. The molecule has 2 rings (SSSR count). The van der Waals surface area contributed by atoms with Gasteiger partial charge < -0.3 is 0 Å². The van der Waals surface area contributed by atoms with Crippen LogP contribution in [0.3, 0.4) is 0 Å². The number of halogens is 3. The molecule has 9 heteroatoms.